The van der Waals surface area contributed by atoms with E-state index in [0.717, 1.165) is 4.90 Å². The number of aryl methyl sites for hydroxylation is 2. The number of fused-ring (bicyclic) bond motifs is 2. The van der Waals surface area contributed by atoms with Gasteiger partial charge in [-0.1, -0.05) is 6.92 Å². The van der Waals surface area contributed by atoms with Gasteiger partial charge in [0, 0.05) is 43.5 Å². The topological polar surface area (TPSA) is 139 Å². The minimum absolute atomic E-state index is 0.143. The molecule has 0 aliphatic carbocycles. The summed E-state index contributed by atoms with van der Waals surface area (Å²) in [6.45, 7) is 3.05. The molecule has 1 saturated heterocycles. The van der Waals surface area contributed by atoms with Crippen LogP contribution in [0.3, 0.4) is 0 Å². The number of benzene rings is 1. The highest BCUT2D eigenvalue weighted by Crippen LogP contribution is 2.39. The SMILES string of the molecule is Cc1cc(NC(=O)c2c3c(cn2C)S(=O)(=O)NC2CN(C(=O)C(=O)N[C@H](C)C(F)(F)F)CC2(C)CO3)ccc1F. The summed E-state index contributed by atoms with van der Waals surface area (Å²) in [5.41, 5.74) is -0.714. The summed E-state index contributed by atoms with van der Waals surface area (Å²) >= 11 is 0. The molecule has 16 heteroatoms. The van der Waals surface area contributed by atoms with Gasteiger partial charge < -0.3 is 24.8 Å². The van der Waals surface area contributed by atoms with Crippen LogP contribution < -0.4 is 20.1 Å². The molecule has 218 valence electrons. The number of aromatic nitrogens is 1. The molecule has 2 unspecified atom stereocenters. The molecular formula is C24H27F4N5O6S. The number of amides is 3. The highest BCUT2D eigenvalue weighted by molar-refractivity contribution is 7.89. The number of hydrogen-bond acceptors (Lipinski definition) is 6. The van der Waals surface area contributed by atoms with Crippen molar-refractivity contribution in [3.8, 4) is 5.75 Å². The van der Waals surface area contributed by atoms with Crippen LogP contribution in [0.25, 0.3) is 0 Å². The van der Waals surface area contributed by atoms with E-state index in [4.69, 9.17) is 4.74 Å². The third-order valence-corrected chi connectivity index (χ3v) is 8.45. The molecule has 1 aromatic carbocycles. The highest BCUT2D eigenvalue weighted by atomic mass is 32.2. The first kappa shape index (κ1) is 29.3. The Bertz CT molecular complexity index is 1490. The first-order valence-electron chi connectivity index (χ1n) is 12.0. The number of rotatable bonds is 3. The lowest BCUT2D eigenvalue weighted by Gasteiger charge is -2.32. The summed E-state index contributed by atoms with van der Waals surface area (Å²) in [5, 5.41) is 4.18. The van der Waals surface area contributed by atoms with Crippen molar-refractivity contribution in [2.24, 2.45) is 12.5 Å². The van der Waals surface area contributed by atoms with Crippen molar-refractivity contribution in [3.05, 3.63) is 41.5 Å². The van der Waals surface area contributed by atoms with Crippen LogP contribution in [-0.4, -0.2) is 73.6 Å². The molecule has 1 aromatic heterocycles. The number of hydrogen-bond donors (Lipinski definition) is 3. The third-order valence-electron chi connectivity index (χ3n) is 6.98. The fourth-order valence-electron chi connectivity index (χ4n) is 4.59. The maximum absolute atomic E-state index is 13.6. The number of carbonyl (C=O) groups is 3. The number of nitrogens with one attached hydrogen (secondary N) is 3. The van der Waals surface area contributed by atoms with Crippen molar-refractivity contribution >= 4 is 33.4 Å². The second kappa shape index (κ2) is 10.1. The molecule has 11 nitrogen and oxygen atoms in total. The second-order valence-electron chi connectivity index (χ2n) is 10.2. The molecule has 40 heavy (non-hydrogen) atoms. The van der Waals surface area contributed by atoms with Crippen molar-refractivity contribution in [2.75, 3.05) is 25.0 Å². The first-order chi connectivity index (χ1) is 18.4. The Hall–Kier alpha value is -3.66. The van der Waals surface area contributed by atoms with Gasteiger partial charge in [-0.2, -0.15) is 13.2 Å². The van der Waals surface area contributed by atoms with Gasteiger partial charge in [-0.15, -0.1) is 0 Å². The Morgan fingerprint density at radius 3 is 2.55 bits per heavy atom. The minimum atomic E-state index is -4.76. The number of nitrogens with zero attached hydrogens (tertiary/aromatic N) is 2. The van der Waals surface area contributed by atoms with Gasteiger partial charge in [-0.3, -0.25) is 14.4 Å². The number of anilines is 1. The summed E-state index contributed by atoms with van der Waals surface area (Å²) in [4.78, 5) is 38.6. The molecule has 3 N–H and O–H groups in total. The summed E-state index contributed by atoms with van der Waals surface area (Å²) < 4.78 is 88.4. The maximum Gasteiger partial charge on any atom is 0.408 e. The largest absolute Gasteiger partial charge is 0.489 e. The molecule has 0 radical (unpaired) electrons. The predicted octanol–water partition coefficient (Wildman–Crippen LogP) is 1.68. The van der Waals surface area contributed by atoms with Gasteiger partial charge in [0.25, 0.3) is 5.91 Å². The summed E-state index contributed by atoms with van der Waals surface area (Å²) in [6.07, 6.45) is -3.58. The van der Waals surface area contributed by atoms with Crippen LogP contribution in [0.1, 0.15) is 29.9 Å². The Labute approximate surface area is 226 Å². The van der Waals surface area contributed by atoms with Crippen LogP contribution in [0.5, 0.6) is 5.75 Å². The molecule has 1 fully saturated rings. The first-order valence-corrected chi connectivity index (χ1v) is 13.5. The van der Waals surface area contributed by atoms with Crippen LogP contribution >= 0.6 is 0 Å². The summed E-state index contributed by atoms with van der Waals surface area (Å²) in [7, 11) is -2.89. The van der Waals surface area contributed by atoms with Gasteiger partial charge in [0.05, 0.1) is 6.61 Å². The van der Waals surface area contributed by atoms with E-state index >= 15 is 0 Å². The van der Waals surface area contributed by atoms with E-state index < -0.39 is 57.2 Å². The van der Waals surface area contributed by atoms with Gasteiger partial charge in [-0.05, 0) is 37.6 Å². The summed E-state index contributed by atoms with van der Waals surface area (Å²) in [6, 6.07) is 0.690. The van der Waals surface area contributed by atoms with Crippen LogP contribution in [0.15, 0.2) is 29.3 Å². The number of alkyl halides is 3. The van der Waals surface area contributed by atoms with Gasteiger partial charge in [0.15, 0.2) is 11.4 Å². The molecule has 2 aromatic rings. The zero-order chi connectivity index (χ0) is 29.8. The van der Waals surface area contributed by atoms with Crippen molar-refractivity contribution in [2.45, 2.75) is 43.9 Å². The van der Waals surface area contributed by atoms with Gasteiger partial charge in [0.2, 0.25) is 10.0 Å². The molecule has 4 rings (SSSR count). The smallest absolute Gasteiger partial charge is 0.408 e. The monoisotopic (exact) mass is 589 g/mol. The number of sulfonamides is 1. The zero-order valence-corrected chi connectivity index (χ0v) is 22.7. The minimum Gasteiger partial charge on any atom is -0.489 e. The Kier molecular flexibility index (Phi) is 7.38. The van der Waals surface area contributed by atoms with Crippen molar-refractivity contribution in [1.82, 2.24) is 19.5 Å². The third kappa shape index (κ3) is 5.50. The maximum atomic E-state index is 13.6. The fourth-order valence-corrected chi connectivity index (χ4v) is 6.14. The average molecular weight is 590 g/mol. The van der Waals surface area contributed by atoms with Gasteiger partial charge >= 0.3 is 18.0 Å². The van der Waals surface area contributed by atoms with Crippen molar-refractivity contribution in [1.29, 1.82) is 0 Å². The van der Waals surface area contributed by atoms with E-state index in [9.17, 15) is 40.4 Å². The molecule has 3 atom stereocenters. The number of halogens is 4. The van der Waals surface area contributed by atoms with E-state index in [1.54, 1.807) is 12.2 Å². The van der Waals surface area contributed by atoms with E-state index in [-0.39, 0.29) is 47.3 Å². The zero-order valence-electron chi connectivity index (χ0n) is 21.8. The lowest BCUT2D eigenvalue weighted by molar-refractivity contribution is -0.162. The Balaban J connectivity index is 1.58. The van der Waals surface area contributed by atoms with Gasteiger partial charge in [-0.25, -0.2) is 17.5 Å². The lowest BCUT2D eigenvalue weighted by atomic mass is 9.87. The molecule has 2 aliphatic rings. The van der Waals surface area contributed by atoms with E-state index in [0.29, 0.717) is 6.92 Å². The molecule has 3 amide bonds. The molecule has 2 aliphatic heterocycles. The number of likely N-dealkylation sites (tertiary alicyclic amines) is 1. The number of ether oxygens (including phenoxy) is 1. The van der Waals surface area contributed by atoms with Crippen LogP contribution in [0, 0.1) is 18.2 Å². The van der Waals surface area contributed by atoms with Crippen molar-refractivity contribution in [3.63, 3.8) is 0 Å². The Morgan fingerprint density at radius 2 is 1.93 bits per heavy atom. The molecule has 0 saturated carbocycles. The second-order valence-corrected chi connectivity index (χ2v) is 11.9. The number of carbonyl (C=O) groups excluding carboxylic acids is 3. The summed E-state index contributed by atoms with van der Waals surface area (Å²) in [5.74, 6) is -4.19. The average Bonchev–Trinajstić information content (AvgIpc) is 3.35. The fraction of sp³-hybridized carbons (Fsp3) is 0.458. The van der Waals surface area contributed by atoms with Crippen LogP contribution in [0.2, 0.25) is 0 Å². The quantitative estimate of drug-likeness (QED) is 0.368. The molecule has 0 bridgehead atoms. The van der Waals surface area contributed by atoms with Crippen LogP contribution in [0.4, 0.5) is 23.2 Å². The predicted molar refractivity (Wildman–Crippen MR) is 132 cm³/mol. The standard InChI is InChI=1S/C24H27F4N5O6S/c1-12-7-14(5-6-15(12)25)30-20(34)18-19-16(8-32(18)4)40(37,38)31-17-9-33(10-23(17,3)11-39-19)22(36)21(35)29-13(2)24(26,27)28/h5-8,13,17,31H,9-11H2,1-4H3,(H,29,35)(H,30,34)/t13-,17?,23?/m1/s1. The van der Waals surface area contributed by atoms with E-state index in [2.05, 4.69) is 10.0 Å². The normalized spacial score (nSPS) is 22.7. The van der Waals surface area contributed by atoms with Crippen LogP contribution in [-0.2, 0) is 26.7 Å². The van der Waals surface area contributed by atoms with Gasteiger partial charge in [0.1, 0.15) is 16.8 Å². The van der Waals surface area contributed by atoms with E-state index in [1.807, 2.05) is 0 Å². The molecular weight excluding hydrogens is 562 g/mol. The highest BCUT2D eigenvalue weighted by Gasteiger charge is 2.51. The van der Waals surface area contributed by atoms with Crippen molar-refractivity contribution < 1.29 is 45.1 Å². The lowest BCUT2D eigenvalue weighted by Crippen LogP contribution is -2.50. The Morgan fingerprint density at radius 1 is 1.25 bits per heavy atom. The van der Waals surface area contributed by atoms with E-state index in [1.165, 1.54) is 42.9 Å². The molecule has 0 spiro atoms. The molecule has 3 heterocycles.